The molecule has 7 nitrogen and oxygen atoms in total. The Labute approximate surface area is 226 Å². The maximum absolute atomic E-state index is 14.3. The van der Waals surface area contributed by atoms with Crippen LogP contribution in [0.1, 0.15) is 40.9 Å². The molecule has 208 valence electrons. The van der Waals surface area contributed by atoms with Crippen molar-refractivity contribution in [3.8, 4) is 22.8 Å². The van der Waals surface area contributed by atoms with E-state index in [1.54, 1.807) is 0 Å². The third kappa shape index (κ3) is 6.10. The molecule has 1 unspecified atom stereocenters. The van der Waals surface area contributed by atoms with E-state index in [2.05, 4.69) is 10.3 Å². The molecule has 1 aromatic heterocycles. The average molecular weight is 568 g/mol. The number of alkyl halides is 3. The quantitative estimate of drug-likeness (QED) is 0.310. The zero-order valence-corrected chi connectivity index (χ0v) is 21.6. The Kier molecular flexibility index (Phi) is 8.34. The molecular formula is C27H26ClF4N3O4. The molecule has 39 heavy (non-hydrogen) atoms. The van der Waals surface area contributed by atoms with Crippen molar-refractivity contribution < 1.29 is 36.9 Å². The highest BCUT2D eigenvalue weighted by molar-refractivity contribution is 6.31. The lowest BCUT2D eigenvalue weighted by molar-refractivity contribution is -0.265. The fourth-order valence-corrected chi connectivity index (χ4v) is 4.12. The highest BCUT2D eigenvalue weighted by atomic mass is 35.5. The van der Waals surface area contributed by atoms with E-state index in [-0.39, 0.29) is 45.8 Å². The molecule has 1 saturated carbocycles. The van der Waals surface area contributed by atoms with E-state index >= 15 is 0 Å². The summed E-state index contributed by atoms with van der Waals surface area (Å²) in [5.41, 5.74) is 1.72. The molecule has 0 radical (unpaired) electrons. The molecule has 1 aliphatic carbocycles. The first-order valence-corrected chi connectivity index (χ1v) is 12.4. The first-order valence-electron chi connectivity index (χ1n) is 12.0. The van der Waals surface area contributed by atoms with Gasteiger partial charge >= 0.3 is 6.18 Å². The number of benzene rings is 2. The SMILES string of the molecule is COc1cc(C(=O)NCC(O)(c2cc(CN)cc(-c3ccc(F)c(Cl)c3)n2)C(F)(F)F)ccc1OC1CCC1. The number of pyridine rings is 1. The van der Waals surface area contributed by atoms with Gasteiger partial charge in [-0.05, 0) is 73.4 Å². The van der Waals surface area contributed by atoms with Gasteiger partial charge in [0.05, 0.1) is 36.2 Å². The largest absolute Gasteiger partial charge is 0.493 e. The van der Waals surface area contributed by atoms with Crippen molar-refractivity contribution in [2.24, 2.45) is 5.73 Å². The summed E-state index contributed by atoms with van der Waals surface area (Å²) in [6.07, 6.45) is -2.34. The summed E-state index contributed by atoms with van der Waals surface area (Å²) >= 11 is 5.83. The Morgan fingerprint density at radius 1 is 1.15 bits per heavy atom. The zero-order chi connectivity index (χ0) is 28.4. The standard InChI is InChI=1S/C27H26ClF4N3O4/c1-38-23-12-17(6-8-22(23)39-18-3-2-4-18)25(36)34-14-26(37,27(30,31)32)24-10-15(13-33)9-21(35-24)16-5-7-20(29)19(28)11-16/h5-12,18,37H,2-4,13-14,33H2,1H3,(H,34,36). The predicted molar refractivity (Wildman–Crippen MR) is 136 cm³/mol. The van der Waals surface area contributed by atoms with Crippen LogP contribution in [0.4, 0.5) is 17.6 Å². The summed E-state index contributed by atoms with van der Waals surface area (Å²) in [7, 11) is 1.38. The maximum Gasteiger partial charge on any atom is 0.424 e. The topological polar surface area (TPSA) is 107 Å². The highest BCUT2D eigenvalue weighted by Crippen LogP contribution is 2.39. The maximum atomic E-state index is 14.3. The first kappa shape index (κ1) is 28.6. The molecule has 1 atom stereocenters. The summed E-state index contributed by atoms with van der Waals surface area (Å²) in [5, 5.41) is 12.8. The molecule has 1 heterocycles. The Hall–Kier alpha value is -3.41. The molecule has 0 aliphatic heterocycles. The number of ether oxygens (including phenoxy) is 2. The van der Waals surface area contributed by atoms with Gasteiger partial charge in [-0.25, -0.2) is 9.37 Å². The second-order valence-electron chi connectivity index (χ2n) is 9.16. The van der Waals surface area contributed by atoms with E-state index in [9.17, 15) is 27.5 Å². The lowest BCUT2D eigenvalue weighted by Gasteiger charge is -2.31. The predicted octanol–water partition coefficient (Wildman–Crippen LogP) is 5.12. The number of hydrogen-bond donors (Lipinski definition) is 3. The number of hydrogen-bond acceptors (Lipinski definition) is 6. The molecule has 1 fully saturated rings. The van der Waals surface area contributed by atoms with Crippen LogP contribution in [0.3, 0.4) is 0 Å². The van der Waals surface area contributed by atoms with Crippen molar-refractivity contribution >= 4 is 17.5 Å². The molecule has 0 spiro atoms. The first-order chi connectivity index (χ1) is 18.4. The molecule has 12 heteroatoms. The third-order valence-electron chi connectivity index (χ3n) is 6.51. The summed E-state index contributed by atoms with van der Waals surface area (Å²) in [5.74, 6) is -0.932. The van der Waals surface area contributed by atoms with Crippen LogP contribution in [-0.4, -0.2) is 41.9 Å². The normalized spacial score (nSPS) is 15.3. The van der Waals surface area contributed by atoms with E-state index in [0.29, 0.717) is 5.75 Å². The molecule has 0 saturated heterocycles. The number of methoxy groups -OCH3 is 1. The molecule has 1 amide bonds. The zero-order valence-electron chi connectivity index (χ0n) is 20.8. The number of aromatic nitrogens is 1. The van der Waals surface area contributed by atoms with Crippen molar-refractivity contribution in [3.05, 3.63) is 76.2 Å². The smallest absolute Gasteiger partial charge is 0.424 e. The van der Waals surface area contributed by atoms with Gasteiger partial charge in [0.1, 0.15) is 5.82 Å². The molecule has 0 bridgehead atoms. The van der Waals surface area contributed by atoms with Gasteiger partial charge in [0.25, 0.3) is 5.91 Å². The second-order valence-corrected chi connectivity index (χ2v) is 9.56. The van der Waals surface area contributed by atoms with Crippen LogP contribution in [-0.2, 0) is 12.1 Å². The van der Waals surface area contributed by atoms with Crippen LogP contribution in [0.2, 0.25) is 5.02 Å². The molecular weight excluding hydrogens is 542 g/mol. The average Bonchev–Trinajstić information content (AvgIpc) is 2.89. The van der Waals surface area contributed by atoms with Crippen LogP contribution in [0.5, 0.6) is 11.5 Å². The van der Waals surface area contributed by atoms with E-state index in [1.807, 2.05) is 0 Å². The van der Waals surface area contributed by atoms with Crippen molar-refractivity contribution in [2.45, 2.75) is 43.7 Å². The lowest BCUT2D eigenvalue weighted by Crippen LogP contribution is -2.51. The summed E-state index contributed by atoms with van der Waals surface area (Å²) in [4.78, 5) is 16.8. The van der Waals surface area contributed by atoms with Crippen molar-refractivity contribution in [1.82, 2.24) is 10.3 Å². The van der Waals surface area contributed by atoms with Crippen molar-refractivity contribution in [2.75, 3.05) is 13.7 Å². The number of aliphatic hydroxyl groups is 1. The molecule has 3 aromatic rings. The lowest BCUT2D eigenvalue weighted by atomic mass is 9.95. The summed E-state index contributed by atoms with van der Waals surface area (Å²) < 4.78 is 67.6. The Morgan fingerprint density at radius 2 is 1.90 bits per heavy atom. The molecule has 4 rings (SSSR count). The summed E-state index contributed by atoms with van der Waals surface area (Å²) in [6.45, 7) is -1.42. The fraction of sp³-hybridized carbons (Fsp3) is 0.333. The minimum absolute atomic E-state index is 0.00245. The van der Waals surface area contributed by atoms with Crippen LogP contribution in [0.15, 0.2) is 48.5 Å². The molecule has 2 aromatic carbocycles. The van der Waals surface area contributed by atoms with Gasteiger partial charge in [-0.1, -0.05) is 11.6 Å². The number of carbonyl (C=O) groups excluding carboxylic acids is 1. The van der Waals surface area contributed by atoms with Gasteiger partial charge in [-0.3, -0.25) is 4.79 Å². The minimum atomic E-state index is -5.24. The van der Waals surface area contributed by atoms with E-state index < -0.39 is 35.7 Å². The number of halogens is 5. The number of amides is 1. The van der Waals surface area contributed by atoms with Gasteiger partial charge in [0.2, 0.25) is 5.60 Å². The number of carbonyl (C=O) groups is 1. The minimum Gasteiger partial charge on any atom is -0.493 e. The molecule has 1 aliphatic rings. The van der Waals surface area contributed by atoms with Crippen LogP contribution in [0, 0.1) is 5.82 Å². The van der Waals surface area contributed by atoms with Crippen molar-refractivity contribution in [3.63, 3.8) is 0 Å². The van der Waals surface area contributed by atoms with Crippen LogP contribution >= 0.6 is 11.6 Å². The van der Waals surface area contributed by atoms with Crippen LogP contribution in [0.25, 0.3) is 11.3 Å². The Bertz CT molecular complexity index is 1370. The van der Waals surface area contributed by atoms with Gasteiger partial charge in [-0.15, -0.1) is 0 Å². The number of rotatable bonds is 9. The fourth-order valence-electron chi connectivity index (χ4n) is 3.94. The van der Waals surface area contributed by atoms with Gasteiger partial charge in [0.15, 0.2) is 11.5 Å². The van der Waals surface area contributed by atoms with E-state index in [4.69, 9.17) is 26.8 Å². The van der Waals surface area contributed by atoms with Crippen LogP contribution < -0.4 is 20.5 Å². The van der Waals surface area contributed by atoms with Gasteiger partial charge in [0, 0.05) is 17.7 Å². The van der Waals surface area contributed by atoms with E-state index in [1.165, 1.54) is 43.5 Å². The number of nitrogens with two attached hydrogens (primary N) is 1. The van der Waals surface area contributed by atoms with Gasteiger partial charge < -0.3 is 25.6 Å². The Morgan fingerprint density at radius 3 is 2.49 bits per heavy atom. The van der Waals surface area contributed by atoms with Crippen molar-refractivity contribution in [1.29, 1.82) is 0 Å². The summed E-state index contributed by atoms with van der Waals surface area (Å²) in [6, 6.07) is 10.2. The number of nitrogens with one attached hydrogen (secondary N) is 1. The van der Waals surface area contributed by atoms with E-state index in [0.717, 1.165) is 31.4 Å². The van der Waals surface area contributed by atoms with Gasteiger partial charge in [-0.2, -0.15) is 13.2 Å². The third-order valence-corrected chi connectivity index (χ3v) is 6.79. The highest BCUT2D eigenvalue weighted by Gasteiger charge is 2.56. The molecule has 4 N–H and O–H groups in total. The second kappa shape index (κ2) is 11.4. The number of nitrogens with zero attached hydrogens (tertiary/aromatic N) is 1. The Balaban J connectivity index is 1.62. The monoisotopic (exact) mass is 567 g/mol.